The lowest BCUT2D eigenvalue weighted by Gasteiger charge is -2.18. The van der Waals surface area contributed by atoms with E-state index in [4.69, 9.17) is 17.0 Å². The van der Waals surface area contributed by atoms with Crippen LogP contribution < -0.4 is 10.6 Å². The molecule has 3 N–H and O–H groups in total. The number of thioether (sulfide) groups is 1. The fraction of sp³-hybridized carbons (Fsp3) is 0.250. The highest BCUT2D eigenvalue weighted by Crippen LogP contribution is 2.27. The molecule has 1 fully saturated rings. The molecule has 39 heavy (non-hydrogen) atoms. The van der Waals surface area contributed by atoms with Gasteiger partial charge in [0.05, 0.1) is 22.0 Å². The van der Waals surface area contributed by atoms with E-state index >= 15 is 0 Å². The van der Waals surface area contributed by atoms with Gasteiger partial charge in [0.1, 0.15) is 11.7 Å². The van der Waals surface area contributed by atoms with Crippen LogP contribution in [0.3, 0.4) is 0 Å². The van der Waals surface area contributed by atoms with E-state index in [9.17, 15) is 14.4 Å². The van der Waals surface area contributed by atoms with Crippen molar-refractivity contribution in [3.63, 3.8) is 0 Å². The largest absolute Gasteiger partial charge is 0.357 e. The Morgan fingerprint density at radius 1 is 0.974 bits per heavy atom. The van der Waals surface area contributed by atoms with Gasteiger partial charge in [-0.1, -0.05) is 23.7 Å². The molecule has 2 aromatic carbocycles. The van der Waals surface area contributed by atoms with Gasteiger partial charge in [-0.15, -0.1) is 11.8 Å². The van der Waals surface area contributed by atoms with Gasteiger partial charge in [0.2, 0.25) is 5.91 Å². The minimum Gasteiger partial charge on any atom is -0.357 e. The number of rotatable bonds is 8. The molecule has 1 saturated heterocycles. The summed E-state index contributed by atoms with van der Waals surface area (Å²) in [4.78, 5) is 46.7. The van der Waals surface area contributed by atoms with E-state index in [0.717, 1.165) is 31.5 Å². The highest BCUT2D eigenvalue weighted by Gasteiger charge is 2.19. The van der Waals surface area contributed by atoms with Crippen LogP contribution in [0, 0.1) is 5.41 Å². The maximum atomic E-state index is 13.2. The van der Waals surface area contributed by atoms with Crippen molar-refractivity contribution in [2.45, 2.75) is 17.7 Å². The second kappa shape index (κ2) is 12.8. The molecule has 11 heteroatoms. The van der Waals surface area contributed by atoms with Gasteiger partial charge in [-0.05, 0) is 55.3 Å². The molecule has 202 valence electrons. The van der Waals surface area contributed by atoms with Crippen LogP contribution in [-0.2, 0) is 4.79 Å². The molecular weight excluding hydrogens is 536 g/mol. The molecule has 1 aliphatic rings. The van der Waals surface area contributed by atoms with Crippen molar-refractivity contribution in [1.29, 1.82) is 5.41 Å². The molecule has 9 nitrogen and oxygen atoms in total. The summed E-state index contributed by atoms with van der Waals surface area (Å²) in [7, 11) is 3.36. The summed E-state index contributed by atoms with van der Waals surface area (Å²) in [5.74, 6) is 0.0349. The summed E-state index contributed by atoms with van der Waals surface area (Å²) >= 11 is 7.19. The first kappa shape index (κ1) is 28.1. The quantitative estimate of drug-likeness (QED) is 0.205. The van der Waals surface area contributed by atoms with Crippen LogP contribution in [0.2, 0.25) is 5.02 Å². The number of benzene rings is 2. The van der Waals surface area contributed by atoms with Crippen molar-refractivity contribution >= 4 is 58.4 Å². The number of amides is 3. The predicted octanol–water partition coefficient (Wildman–Crippen LogP) is 4.84. The molecular formula is C28H29ClN6O3S. The zero-order valence-electron chi connectivity index (χ0n) is 21.7. The molecule has 1 aromatic heterocycles. The molecule has 0 saturated carbocycles. The van der Waals surface area contributed by atoms with Gasteiger partial charge < -0.3 is 20.4 Å². The van der Waals surface area contributed by atoms with E-state index in [1.54, 1.807) is 68.7 Å². The van der Waals surface area contributed by atoms with E-state index < -0.39 is 11.8 Å². The fourth-order valence-electron chi connectivity index (χ4n) is 3.91. The Balaban J connectivity index is 1.53. The number of pyridine rings is 1. The smallest absolute Gasteiger partial charge is 0.258 e. The molecule has 0 bridgehead atoms. The molecule has 0 aliphatic carbocycles. The van der Waals surface area contributed by atoms with Crippen LogP contribution in [0.5, 0.6) is 0 Å². The number of nitrogens with zero attached hydrogens (tertiary/aromatic N) is 3. The monoisotopic (exact) mass is 564 g/mol. The Bertz CT molecular complexity index is 1370. The fourth-order valence-corrected chi connectivity index (χ4v) is 4.94. The summed E-state index contributed by atoms with van der Waals surface area (Å²) < 4.78 is 0. The van der Waals surface area contributed by atoms with E-state index in [2.05, 4.69) is 15.6 Å². The predicted molar refractivity (Wildman–Crippen MR) is 155 cm³/mol. The second-order valence-corrected chi connectivity index (χ2v) is 10.7. The number of likely N-dealkylation sites (tertiary alicyclic amines) is 1. The zero-order chi connectivity index (χ0) is 27.9. The Morgan fingerprint density at radius 3 is 2.31 bits per heavy atom. The standard InChI is InChI=1S/C28H29ClN6O3S/c1-34(2)25(36)17-39-21-10-11-23(22(15-21)28(38)33-24-12-9-20(29)16-31-24)32-27(37)19-7-5-18(6-8-19)26(30)35-13-3-4-14-35/h5-12,15-16,30H,3-4,13-14,17H2,1-2H3,(H,32,37)(H,31,33,38). The third kappa shape index (κ3) is 7.36. The first-order valence-electron chi connectivity index (χ1n) is 12.4. The molecule has 0 unspecified atom stereocenters. The summed E-state index contributed by atoms with van der Waals surface area (Å²) in [6, 6.07) is 15.1. The average Bonchev–Trinajstić information content (AvgIpc) is 3.48. The maximum absolute atomic E-state index is 13.2. The van der Waals surface area contributed by atoms with Gasteiger partial charge in [0.15, 0.2) is 0 Å². The van der Waals surface area contributed by atoms with Gasteiger partial charge in [-0.2, -0.15) is 0 Å². The van der Waals surface area contributed by atoms with Crippen molar-refractivity contribution < 1.29 is 14.4 Å². The van der Waals surface area contributed by atoms with E-state index in [1.165, 1.54) is 22.9 Å². The van der Waals surface area contributed by atoms with Crippen LogP contribution in [0.25, 0.3) is 0 Å². The summed E-state index contributed by atoms with van der Waals surface area (Å²) in [5, 5.41) is 14.4. The van der Waals surface area contributed by atoms with Gasteiger partial charge in [-0.25, -0.2) is 4.98 Å². The molecule has 3 aromatic rings. The first-order valence-corrected chi connectivity index (χ1v) is 13.7. The Kier molecular flexibility index (Phi) is 9.21. The highest BCUT2D eigenvalue weighted by molar-refractivity contribution is 8.00. The van der Waals surface area contributed by atoms with Crippen LogP contribution in [-0.4, -0.2) is 71.3 Å². The number of carbonyl (C=O) groups excluding carboxylic acids is 3. The molecule has 2 heterocycles. The van der Waals surface area contributed by atoms with Crippen LogP contribution >= 0.6 is 23.4 Å². The number of hydrogen-bond donors (Lipinski definition) is 3. The summed E-state index contributed by atoms with van der Waals surface area (Å²) in [6.45, 7) is 1.74. The van der Waals surface area contributed by atoms with Crippen LogP contribution in [0.1, 0.15) is 39.1 Å². The maximum Gasteiger partial charge on any atom is 0.258 e. The molecule has 1 aliphatic heterocycles. The van der Waals surface area contributed by atoms with E-state index in [1.807, 2.05) is 4.90 Å². The number of nitrogens with one attached hydrogen (secondary N) is 3. The lowest BCUT2D eigenvalue weighted by molar-refractivity contribution is -0.125. The Morgan fingerprint density at radius 2 is 1.67 bits per heavy atom. The number of halogens is 1. The minimum atomic E-state index is -0.476. The van der Waals surface area contributed by atoms with Crippen LogP contribution in [0.15, 0.2) is 65.7 Å². The molecule has 0 atom stereocenters. The summed E-state index contributed by atoms with van der Waals surface area (Å²) in [6.07, 6.45) is 3.58. The Labute approximate surface area is 236 Å². The van der Waals surface area contributed by atoms with Gasteiger partial charge >= 0.3 is 0 Å². The first-order chi connectivity index (χ1) is 18.7. The second-order valence-electron chi connectivity index (χ2n) is 9.17. The highest BCUT2D eigenvalue weighted by atomic mass is 35.5. The topological polar surface area (TPSA) is 118 Å². The van der Waals surface area contributed by atoms with Gasteiger partial charge in [0, 0.05) is 49.4 Å². The lowest BCUT2D eigenvalue weighted by atomic mass is 10.1. The number of amidine groups is 1. The van der Waals surface area contributed by atoms with Crippen molar-refractivity contribution in [2.24, 2.45) is 0 Å². The van der Waals surface area contributed by atoms with Crippen molar-refractivity contribution in [2.75, 3.05) is 43.6 Å². The molecule has 3 amide bonds. The third-order valence-electron chi connectivity index (χ3n) is 6.16. The van der Waals surface area contributed by atoms with Crippen molar-refractivity contribution in [3.05, 3.63) is 82.5 Å². The number of aromatic nitrogens is 1. The minimum absolute atomic E-state index is 0.0602. The number of anilines is 2. The van der Waals surface area contributed by atoms with Crippen molar-refractivity contribution in [3.8, 4) is 0 Å². The summed E-state index contributed by atoms with van der Waals surface area (Å²) in [5.41, 5.74) is 1.67. The normalized spacial score (nSPS) is 12.6. The van der Waals surface area contributed by atoms with Crippen molar-refractivity contribution in [1.82, 2.24) is 14.8 Å². The van der Waals surface area contributed by atoms with Gasteiger partial charge in [0.25, 0.3) is 11.8 Å². The van der Waals surface area contributed by atoms with Crippen LogP contribution in [0.4, 0.5) is 11.5 Å². The molecule has 4 rings (SSSR count). The van der Waals surface area contributed by atoms with Gasteiger partial charge in [-0.3, -0.25) is 19.8 Å². The lowest BCUT2D eigenvalue weighted by Crippen LogP contribution is -2.27. The van der Waals surface area contributed by atoms with E-state index in [0.29, 0.717) is 32.8 Å². The Hall–Kier alpha value is -3.89. The number of carbonyl (C=O) groups is 3. The number of hydrogen-bond acceptors (Lipinski definition) is 6. The molecule has 0 spiro atoms. The third-order valence-corrected chi connectivity index (χ3v) is 7.36. The zero-order valence-corrected chi connectivity index (χ0v) is 23.2. The molecule has 0 radical (unpaired) electrons. The average molecular weight is 565 g/mol. The van der Waals surface area contributed by atoms with E-state index in [-0.39, 0.29) is 17.2 Å². The SMILES string of the molecule is CN(C)C(=O)CSc1ccc(NC(=O)c2ccc(C(=N)N3CCCC3)cc2)c(C(=O)Nc2ccc(Cl)cn2)c1.